The standard InChI is InChI=1S/C14H19Br2NO/c1-4-14(8-15,9-16)17-13(18)12-6-5-10(2)7-11(12)3/h5-7H,4,8-9H2,1-3H3,(H,17,18). The molecule has 0 saturated carbocycles. The number of benzene rings is 1. The summed E-state index contributed by atoms with van der Waals surface area (Å²) in [7, 11) is 0. The summed E-state index contributed by atoms with van der Waals surface area (Å²) in [5.41, 5.74) is 2.71. The Kier molecular flexibility index (Phi) is 5.86. The van der Waals surface area contributed by atoms with Crippen LogP contribution >= 0.6 is 31.9 Å². The highest BCUT2D eigenvalue weighted by atomic mass is 79.9. The van der Waals surface area contributed by atoms with Crippen molar-refractivity contribution >= 4 is 37.8 Å². The highest BCUT2D eigenvalue weighted by Crippen LogP contribution is 2.19. The predicted octanol–water partition coefficient (Wildman–Crippen LogP) is 3.97. The van der Waals surface area contributed by atoms with E-state index in [0.717, 1.165) is 28.2 Å². The molecule has 0 spiro atoms. The third-order valence-corrected chi connectivity index (χ3v) is 5.34. The summed E-state index contributed by atoms with van der Waals surface area (Å²) >= 11 is 6.96. The monoisotopic (exact) mass is 375 g/mol. The lowest BCUT2D eigenvalue weighted by Crippen LogP contribution is -2.51. The molecule has 4 heteroatoms. The highest BCUT2D eigenvalue weighted by molar-refractivity contribution is 9.09. The molecule has 18 heavy (non-hydrogen) atoms. The topological polar surface area (TPSA) is 29.1 Å². The molecule has 1 aromatic rings. The van der Waals surface area contributed by atoms with Gasteiger partial charge in [-0.1, -0.05) is 56.5 Å². The lowest BCUT2D eigenvalue weighted by Gasteiger charge is -2.30. The molecule has 1 aromatic carbocycles. The molecular formula is C14H19Br2NO. The van der Waals surface area contributed by atoms with Crippen LogP contribution in [0.4, 0.5) is 0 Å². The van der Waals surface area contributed by atoms with Gasteiger partial charge in [-0.05, 0) is 31.9 Å². The van der Waals surface area contributed by atoms with E-state index in [2.05, 4.69) is 44.1 Å². The van der Waals surface area contributed by atoms with Crippen molar-refractivity contribution in [3.63, 3.8) is 0 Å². The van der Waals surface area contributed by atoms with Crippen molar-refractivity contribution < 1.29 is 4.79 Å². The quantitative estimate of drug-likeness (QED) is 0.774. The van der Waals surface area contributed by atoms with E-state index in [1.54, 1.807) is 0 Å². The predicted molar refractivity (Wildman–Crippen MR) is 84.0 cm³/mol. The molecule has 0 aliphatic rings. The van der Waals surface area contributed by atoms with Crippen molar-refractivity contribution in [1.29, 1.82) is 0 Å². The SMILES string of the molecule is CCC(CBr)(CBr)NC(=O)c1ccc(C)cc1C. The fourth-order valence-electron chi connectivity index (χ4n) is 1.76. The van der Waals surface area contributed by atoms with Crippen molar-refractivity contribution in [2.75, 3.05) is 10.7 Å². The molecule has 0 aliphatic carbocycles. The van der Waals surface area contributed by atoms with Gasteiger partial charge in [-0.25, -0.2) is 0 Å². The van der Waals surface area contributed by atoms with Crippen LogP contribution in [-0.4, -0.2) is 22.1 Å². The fourth-order valence-corrected chi connectivity index (χ4v) is 3.76. The van der Waals surface area contributed by atoms with Crippen LogP contribution in [-0.2, 0) is 0 Å². The van der Waals surface area contributed by atoms with Gasteiger partial charge in [0.15, 0.2) is 0 Å². The maximum Gasteiger partial charge on any atom is 0.252 e. The van der Waals surface area contributed by atoms with Crippen molar-refractivity contribution in [3.05, 3.63) is 34.9 Å². The number of alkyl halides is 2. The van der Waals surface area contributed by atoms with Crippen LogP contribution in [0.3, 0.4) is 0 Å². The van der Waals surface area contributed by atoms with Gasteiger partial charge in [0.05, 0.1) is 5.54 Å². The van der Waals surface area contributed by atoms with Gasteiger partial charge in [-0.2, -0.15) is 0 Å². The van der Waals surface area contributed by atoms with Crippen LogP contribution in [0.15, 0.2) is 18.2 Å². The average Bonchev–Trinajstić information content (AvgIpc) is 2.36. The summed E-state index contributed by atoms with van der Waals surface area (Å²) in [5.74, 6) is -0.00625. The first-order valence-electron chi connectivity index (χ1n) is 5.99. The van der Waals surface area contributed by atoms with E-state index >= 15 is 0 Å². The largest absolute Gasteiger partial charge is 0.345 e. The zero-order valence-corrected chi connectivity index (χ0v) is 14.2. The van der Waals surface area contributed by atoms with Crippen LogP contribution in [0.2, 0.25) is 0 Å². The van der Waals surface area contributed by atoms with Gasteiger partial charge in [-0.3, -0.25) is 4.79 Å². The van der Waals surface area contributed by atoms with Crippen LogP contribution in [0.1, 0.15) is 34.8 Å². The number of amides is 1. The van der Waals surface area contributed by atoms with E-state index in [9.17, 15) is 4.79 Å². The molecule has 0 saturated heterocycles. The molecule has 100 valence electrons. The van der Waals surface area contributed by atoms with Crippen LogP contribution in [0.25, 0.3) is 0 Å². The summed E-state index contributed by atoms with van der Waals surface area (Å²) in [6.07, 6.45) is 0.875. The minimum absolute atomic E-state index is 0.00625. The lowest BCUT2D eigenvalue weighted by molar-refractivity contribution is 0.0915. The van der Waals surface area contributed by atoms with E-state index < -0.39 is 0 Å². The van der Waals surface area contributed by atoms with Gasteiger partial charge in [0.2, 0.25) is 0 Å². The van der Waals surface area contributed by atoms with Crippen molar-refractivity contribution in [2.24, 2.45) is 0 Å². The van der Waals surface area contributed by atoms with Crippen molar-refractivity contribution in [1.82, 2.24) is 5.32 Å². The Labute approximate surface area is 126 Å². The summed E-state index contributed by atoms with van der Waals surface area (Å²) in [4.78, 5) is 12.3. The Bertz CT molecular complexity index is 420. The zero-order chi connectivity index (χ0) is 13.8. The summed E-state index contributed by atoms with van der Waals surface area (Å²) in [6.45, 7) is 6.07. The summed E-state index contributed by atoms with van der Waals surface area (Å²) < 4.78 is 0. The Morgan fingerprint density at radius 3 is 2.33 bits per heavy atom. The molecule has 1 N–H and O–H groups in total. The van der Waals surface area contributed by atoms with Gasteiger partial charge < -0.3 is 5.32 Å². The molecule has 0 atom stereocenters. The number of hydrogen-bond donors (Lipinski definition) is 1. The first-order valence-corrected chi connectivity index (χ1v) is 8.24. The van der Waals surface area contributed by atoms with E-state index in [0.29, 0.717) is 0 Å². The second kappa shape index (κ2) is 6.71. The van der Waals surface area contributed by atoms with Gasteiger partial charge >= 0.3 is 0 Å². The minimum Gasteiger partial charge on any atom is -0.345 e. The summed E-state index contributed by atoms with van der Waals surface area (Å²) in [6, 6.07) is 5.89. The fraction of sp³-hybridized carbons (Fsp3) is 0.500. The molecular weight excluding hydrogens is 358 g/mol. The summed E-state index contributed by atoms with van der Waals surface area (Å²) in [5, 5.41) is 4.59. The van der Waals surface area contributed by atoms with E-state index in [1.807, 2.05) is 32.0 Å². The number of halogens is 2. The molecule has 1 amide bonds. The molecule has 0 aromatic heterocycles. The van der Waals surface area contributed by atoms with Gasteiger partial charge in [-0.15, -0.1) is 0 Å². The number of nitrogens with one attached hydrogen (secondary N) is 1. The molecule has 0 aliphatic heterocycles. The number of hydrogen-bond acceptors (Lipinski definition) is 1. The van der Waals surface area contributed by atoms with Crippen LogP contribution < -0.4 is 5.32 Å². The second-order valence-corrected chi connectivity index (χ2v) is 5.80. The lowest BCUT2D eigenvalue weighted by atomic mass is 9.99. The average molecular weight is 377 g/mol. The molecule has 0 radical (unpaired) electrons. The third-order valence-electron chi connectivity index (χ3n) is 3.19. The van der Waals surface area contributed by atoms with E-state index in [1.165, 1.54) is 5.56 Å². The zero-order valence-electron chi connectivity index (χ0n) is 11.0. The number of aryl methyl sites for hydroxylation is 2. The van der Waals surface area contributed by atoms with Gasteiger partial charge in [0.1, 0.15) is 0 Å². The smallest absolute Gasteiger partial charge is 0.252 e. The normalized spacial score (nSPS) is 11.4. The Balaban J connectivity index is 2.94. The molecule has 0 bridgehead atoms. The van der Waals surface area contributed by atoms with Crippen LogP contribution in [0, 0.1) is 13.8 Å². The molecule has 1 rings (SSSR count). The van der Waals surface area contributed by atoms with Crippen LogP contribution in [0.5, 0.6) is 0 Å². The molecule has 0 unspecified atom stereocenters. The van der Waals surface area contributed by atoms with E-state index in [4.69, 9.17) is 0 Å². The first kappa shape index (κ1) is 15.7. The Morgan fingerprint density at radius 1 is 1.28 bits per heavy atom. The van der Waals surface area contributed by atoms with Gasteiger partial charge in [0, 0.05) is 16.2 Å². The third kappa shape index (κ3) is 3.58. The number of carbonyl (C=O) groups excluding carboxylic acids is 1. The number of carbonyl (C=O) groups is 1. The molecule has 0 heterocycles. The highest BCUT2D eigenvalue weighted by Gasteiger charge is 2.28. The number of rotatable bonds is 5. The van der Waals surface area contributed by atoms with Gasteiger partial charge in [0.25, 0.3) is 5.91 Å². The van der Waals surface area contributed by atoms with Crippen molar-refractivity contribution in [2.45, 2.75) is 32.7 Å². The first-order chi connectivity index (χ1) is 8.48. The Hall–Kier alpha value is -0.350. The maximum absolute atomic E-state index is 12.3. The van der Waals surface area contributed by atoms with Crippen molar-refractivity contribution in [3.8, 4) is 0 Å². The second-order valence-electron chi connectivity index (χ2n) is 4.67. The Morgan fingerprint density at radius 2 is 1.89 bits per heavy atom. The molecule has 2 nitrogen and oxygen atoms in total. The minimum atomic E-state index is -0.228. The maximum atomic E-state index is 12.3. The van der Waals surface area contributed by atoms with E-state index in [-0.39, 0.29) is 11.4 Å². The molecule has 0 fully saturated rings.